The zero-order chi connectivity index (χ0) is 10.6. The highest BCUT2D eigenvalue weighted by Gasteiger charge is 2.13. The monoisotopic (exact) mass is 339 g/mol. The van der Waals surface area contributed by atoms with Crippen molar-refractivity contribution < 1.29 is 4.79 Å². The molecule has 1 atom stereocenters. The Morgan fingerprint density at radius 3 is 2.71 bits per heavy atom. The number of anilines is 1. The minimum Gasteiger partial charge on any atom is -0.324 e. The van der Waals surface area contributed by atoms with Crippen molar-refractivity contribution in [1.29, 1.82) is 0 Å². The van der Waals surface area contributed by atoms with Crippen LogP contribution in [0.4, 0.5) is 5.69 Å². The van der Waals surface area contributed by atoms with Crippen molar-refractivity contribution in [3.63, 3.8) is 0 Å². The maximum atomic E-state index is 11.4. The molecule has 0 aliphatic heterocycles. The fourth-order valence-corrected chi connectivity index (χ4v) is 1.44. The van der Waals surface area contributed by atoms with E-state index in [0.717, 1.165) is 0 Å². The van der Waals surface area contributed by atoms with Gasteiger partial charge in [0.15, 0.2) is 0 Å². The first-order chi connectivity index (χ1) is 6.65. The van der Waals surface area contributed by atoms with Gasteiger partial charge in [0.05, 0.1) is 10.7 Å². The topological polar surface area (TPSA) is 29.1 Å². The van der Waals surface area contributed by atoms with Crippen LogP contribution >= 0.6 is 43.5 Å². The molecule has 2 nitrogen and oxygen atoms in total. The largest absolute Gasteiger partial charge is 0.324 e. The van der Waals surface area contributed by atoms with Crippen LogP contribution in [-0.4, -0.2) is 16.1 Å². The Morgan fingerprint density at radius 2 is 2.14 bits per heavy atom. The summed E-state index contributed by atoms with van der Waals surface area (Å²) in [5, 5.41) is 3.81. The van der Waals surface area contributed by atoms with Gasteiger partial charge in [-0.05, 0) is 12.1 Å². The van der Waals surface area contributed by atoms with E-state index in [4.69, 9.17) is 11.6 Å². The fraction of sp³-hybridized carbons (Fsp3) is 0.222. The van der Waals surface area contributed by atoms with E-state index in [1.54, 1.807) is 12.1 Å². The van der Waals surface area contributed by atoms with Crippen molar-refractivity contribution in [2.45, 2.75) is 4.83 Å². The van der Waals surface area contributed by atoms with E-state index in [-0.39, 0.29) is 10.7 Å². The lowest BCUT2D eigenvalue weighted by Crippen LogP contribution is -2.23. The second kappa shape index (κ2) is 5.73. The average Bonchev–Trinajstić information content (AvgIpc) is 2.20. The predicted molar refractivity (Wildman–Crippen MR) is 66.6 cm³/mol. The number of hydrogen-bond acceptors (Lipinski definition) is 1. The lowest BCUT2D eigenvalue weighted by Gasteiger charge is -2.09. The SMILES string of the molecule is O=C(Nc1ccccc1Cl)C(Br)CBr. The van der Waals surface area contributed by atoms with Crippen LogP contribution in [0, 0.1) is 0 Å². The molecule has 1 aromatic carbocycles. The number of carbonyl (C=O) groups excluding carboxylic acids is 1. The second-order valence-electron chi connectivity index (χ2n) is 2.59. The number of benzene rings is 1. The Balaban J connectivity index is 2.70. The first kappa shape index (κ1) is 12.0. The zero-order valence-corrected chi connectivity index (χ0v) is 11.1. The lowest BCUT2D eigenvalue weighted by atomic mass is 10.3. The standard InChI is InChI=1S/C9H8Br2ClNO/c10-5-6(11)9(14)13-8-4-2-1-3-7(8)12/h1-4,6H,5H2,(H,13,14). The number of para-hydroxylation sites is 1. The Labute approximate surface area is 104 Å². The van der Waals surface area contributed by atoms with Crippen molar-refractivity contribution in [2.75, 3.05) is 10.6 Å². The molecule has 0 aliphatic rings. The zero-order valence-electron chi connectivity index (χ0n) is 7.14. The van der Waals surface area contributed by atoms with Crippen LogP contribution in [0.2, 0.25) is 5.02 Å². The van der Waals surface area contributed by atoms with Gasteiger partial charge in [-0.3, -0.25) is 4.79 Å². The maximum Gasteiger partial charge on any atom is 0.239 e. The first-order valence-electron chi connectivity index (χ1n) is 3.90. The minimum absolute atomic E-state index is 0.116. The molecule has 76 valence electrons. The number of hydrogen-bond donors (Lipinski definition) is 1. The average molecular weight is 341 g/mol. The lowest BCUT2D eigenvalue weighted by molar-refractivity contribution is -0.115. The number of rotatable bonds is 3. The van der Waals surface area contributed by atoms with Gasteiger partial charge in [0.1, 0.15) is 4.83 Å². The summed E-state index contributed by atoms with van der Waals surface area (Å²) in [7, 11) is 0. The predicted octanol–water partition coefficient (Wildman–Crippen LogP) is 3.44. The van der Waals surface area contributed by atoms with E-state index in [0.29, 0.717) is 16.0 Å². The van der Waals surface area contributed by atoms with E-state index in [9.17, 15) is 4.79 Å². The molecule has 5 heteroatoms. The van der Waals surface area contributed by atoms with Crippen LogP contribution in [0.3, 0.4) is 0 Å². The third-order valence-corrected chi connectivity index (χ3v) is 4.14. The van der Waals surface area contributed by atoms with Gasteiger partial charge in [-0.25, -0.2) is 0 Å². The molecule has 0 fully saturated rings. The number of amides is 1. The molecule has 0 bridgehead atoms. The van der Waals surface area contributed by atoms with Crippen LogP contribution in [0.15, 0.2) is 24.3 Å². The summed E-state index contributed by atoms with van der Waals surface area (Å²) >= 11 is 12.3. The van der Waals surface area contributed by atoms with Gasteiger partial charge in [-0.15, -0.1) is 0 Å². The molecule has 0 saturated heterocycles. The molecule has 1 aromatic rings. The highest BCUT2D eigenvalue weighted by atomic mass is 79.9. The summed E-state index contributed by atoms with van der Waals surface area (Å²) in [5.74, 6) is -0.116. The molecule has 1 amide bonds. The smallest absolute Gasteiger partial charge is 0.239 e. The summed E-state index contributed by atoms with van der Waals surface area (Å²) in [5.41, 5.74) is 0.629. The van der Waals surface area contributed by atoms with Gasteiger partial charge in [0, 0.05) is 5.33 Å². The summed E-state index contributed by atoms with van der Waals surface area (Å²) in [6.45, 7) is 0. The third kappa shape index (κ3) is 3.26. The van der Waals surface area contributed by atoms with E-state index in [2.05, 4.69) is 37.2 Å². The second-order valence-corrected chi connectivity index (χ2v) is 4.75. The Bertz CT molecular complexity index is 332. The van der Waals surface area contributed by atoms with Gasteiger partial charge in [-0.1, -0.05) is 55.6 Å². The third-order valence-electron chi connectivity index (χ3n) is 1.55. The first-order valence-corrected chi connectivity index (χ1v) is 6.32. The van der Waals surface area contributed by atoms with Crippen LogP contribution in [0.25, 0.3) is 0 Å². The van der Waals surface area contributed by atoms with Crippen molar-refractivity contribution in [3.8, 4) is 0 Å². The number of nitrogens with one attached hydrogen (secondary N) is 1. The number of alkyl halides is 2. The maximum absolute atomic E-state index is 11.4. The van der Waals surface area contributed by atoms with Gasteiger partial charge in [0.25, 0.3) is 0 Å². The van der Waals surface area contributed by atoms with Crippen LogP contribution in [-0.2, 0) is 4.79 Å². The molecule has 0 radical (unpaired) electrons. The van der Waals surface area contributed by atoms with E-state index >= 15 is 0 Å². The molecule has 1 N–H and O–H groups in total. The van der Waals surface area contributed by atoms with Crippen molar-refractivity contribution in [2.24, 2.45) is 0 Å². The van der Waals surface area contributed by atoms with E-state index in [1.165, 1.54) is 0 Å². The Morgan fingerprint density at radius 1 is 1.50 bits per heavy atom. The van der Waals surface area contributed by atoms with Crippen LogP contribution < -0.4 is 5.32 Å². The molecular formula is C9H8Br2ClNO. The van der Waals surface area contributed by atoms with Crippen molar-refractivity contribution >= 4 is 55.1 Å². The summed E-state index contributed by atoms with van der Waals surface area (Å²) in [6, 6.07) is 7.12. The Kier molecular flexibility index (Phi) is 4.92. The summed E-state index contributed by atoms with van der Waals surface area (Å²) < 4.78 is 0. The van der Waals surface area contributed by atoms with Crippen LogP contribution in [0.5, 0.6) is 0 Å². The molecule has 0 aromatic heterocycles. The van der Waals surface area contributed by atoms with Gasteiger partial charge in [-0.2, -0.15) is 0 Å². The van der Waals surface area contributed by atoms with Gasteiger partial charge < -0.3 is 5.32 Å². The molecule has 1 rings (SSSR count). The highest BCUT2D eigenvalue weighted by Crippen LogP contribution is 2.21. The molecule has 1 unspecified atom stereocenters. The molecule has 14 heavy (non-hydrogen) atoms. The molecule has 0 spiro atoms. The normalized spacial score (nSPS) is 12.2. The molecule has 0 saturated carbocycles. The summed E-state index contributed by atoms with van der Waals surface area (Å²) in [4.78, 5) is 11.2. The summed E-state index contributed by atoms with van der Waals surface area (Å²) in [6.07, 6.45) is 0. The minimum atomic E-state index is -0.251. The number of carbonyl (C=O) groups is 1. The van der Waals surface area contributed by atoms with Crippen molar-refractivity contribution in [1.82, 2.24) is 0 Å². The van der Waals surface area contributed by atoms with Gasteiger partial charge in [0.2, 0.25) is 5.91 Å². The fourth-order valence-electron chi connectivity index (χ4n) is 0.844. The van der Waals surface area contributed by atoms with E-state index in [1.807, 2.05) is 12.1 Å². The quantitative estimate of drug-likeness (QED) is 0.839. The van der Waals surface area contributed by atoms with Gasteiger partial charge >= 0.3 is 0 Å². The van der Waals surface area contributed by atoms with Crippen molar-refractivity contribution in [3.05, 3.63) is 29.3 Å². The molecule has 0 heterocycles. The molecular weight excluding hydrogens is 333 g/mol. The Hall–Kier alpha value is -0.0600. The highest BCUT2D eigenvalue weighted by molar-refractivity contribution is 9.12. The van der Waals surface area contributed by atoms with E-state index < -0.39 is 0 Å². The number of halogens is 3. The van der Waals surface area contributed by atoms with Crippen LogP contribution in [0.1, 0.15) is 0 Å². The molecule has 0 aliphatic carbocycles.